The van der Waals surface area contributed by atoms with E-state index in [2.05, 4.69) is 21.2 Å². The Bertz CT molecular complexity index is 382. The van der Waals surface area contributed by atoms with Gasteiger partial charge in [0.25, 0.3) is 4.82 Å². The molecule has 1 aromatic carbocycles. The minimum absolute atomic E-state index is 0.262. The van der Waals surface area contributed by atoms with E-state index in [0.29, 0.717) is 11.6 Å². The third-order valence-corrected chi connectivity index (χ3v) is 2.44. The summed E-state index contributed by atoms with van der Waals surface area (Å²) in [6.45, 7) is 2.29. The summed E-state index contributed by atoms with van der Waals surface area (Å²) in [5.74, 6) is 0.751. The van der Waals surface area contributed by atoms with Gasteiger partial charge in [-0.3, -0.25) is 4.79 Å². The lowest BCUT2D eigenvalue weighted by Gasteiger charge is -2.12. The van der Waals surface area contributed by atoms with Crippen LogP contribution in [-0.4, -0.2) is 11.9 Å². The predicted molar refractivity (Wildman–Crippen MR) is 63.9 cm³/mol. The van der Waals surface area contributed by atoms with Gasteiger partial charge in [0.15, 0.2) is 0 Å². The average Bonchev–Trinajstić information content (AvgIpc) is 2.13. The van der Waals surface area contributed by atoms with Crippen molar-refractivity contribution in [2.75, 3.05) is 7.11 Å². The number of carbonyl (C=O) groups is 1. The van der Waals surface area contributed by atoms with Gasteiger partial charge in [0.2, 0.25) is 0 Å². The first-order valence-corrected chi connectivity index (χ1v) is 5.48. The van der Waals surface area contributed by atoms with Crippen LogP contribution in [-0.2, 0) is 6.54 Å². The van der Waals surface area contributed by atoms with E-state index in [1.165, 1.54) is 0 Å². The smallest absolute Gasteiger partial charge is 0.287 e. The molecule has 5 heteroatoms. The summed E-state index contributed by atoms with van der Waals surface area (Å²) < 4.78 is 5.24. The summed E-state index contributed by atoms with van der Waals surface area (Å²) in [5, 5.41) is 3.26. The van der Waals surface area contributed by atoms with Gasteiger partial charge in [0, 0.05) is 33.1 Å². The summed E-state index contributed by atoms with van der Waals surface area (Å²) in [6, 6.07) is 3.59. The highest BCUT2D eigenvalue weighted by atomic mass is 79.9. The number of nitrogens with one attached hydrogen (secondary N) is 1. The molecule has 0 spiro atoms. The monoisotopic (exact) mass is 291 g/mol. The Morgan fingerprint density at radius 3 is 2.80 bits per heavy atom. The summed E-state index contributed by atoms with van der Waals surface area (Å²) in [5.41, 5.74) is 1.80. The van der Waals surface area contributed by atoms with Gasteiger partial charge in [0.05, 0.1) is 7.11 Å². The van der Waals surface area contributed by atoms with Crippen molar-refractivity contribution in [2.24, 2.45) is 0 Å². The minimum atomic E-state index is -0.262. The average molecular weight is 293 g/mol. The number of amides is 1. The van der Waals surface area contributed by atoms with E-state index in [-0.39, 0.29) is 4.82 Å². The molecule has 0 radical (unpaired) electrons. The summed E-state index contributed by atoms with van der Waals surface area (Å²) in [4.78, 5) is 10.5. The predicted octanol–water partition coefficient (Wildman–Crippen LogP) is 3.26. The zero-order chi connectivity index (χ0) is 11.4. The molecular formula is C10H11BrClNO2. The van der Waals surface area contributed by atoms with Gasteiger partial charge in [-0.05, 0) is 24.6 Å². The standard InChI is InChI=1S/C10H11BrClNO2/c1-6-3-8(12)4-7(9(6)15-2)5-13-10(11)14/h3-4H,5H2,1-2H3,(H,13,14). The molecule has 0 atom stereocenters. The largest absolute Gasteiger partial charge is 0.496 e. The molecule has 0 saturated heterocycles. The second-order valence-corrected chi connectivity index (χ2v) is 4.20. The molecule has 0 aliphatic heterocycles. The molecule has 0 aliphatic carbocycles. The van der Waals surface area contributed by atoms with Gasteiger partial charge < -0.3 is 10.1 Å². The number of aryl methyl sites for hydroxylation is 1. The number of carbonyl (C=O) groups excluding carboxylic acids is 1. The van der Waals surface area contributed by atoms with Gasteiger partial charge in [-0.2, -0.15) is 0 Å². The number of halogens is 2. The third-order valence-electron chi connectivity index (χ3n) is 1.94. The molecular weight excluding hydrogens is 281 g/mol. The molecule has 82 valence electrons. The zero-order valence-corrected chi connectivity index (χ0v) is 10.8. The van der Waals surface area contributed by atoms with E-state index < -0.39 is 0 Å². The van der Waals surface area contributed by atoms with Crippen LogP contribution >= 0.6 is 27.5 Å². The van der Waals surface area contributed by atoms with Crippen LogP contribution in [0.15, 0.2) is 12.1 Å². The molecule has 1 aromatic rings. The molecule has 15 heavy (non-hydrogen) atoms. The quantitative estimate of drug-likeness (QED) is 0.686. The molecule has 1 amide bonds. The molecule has 0 saturated carbocycles. The van der Waals surface area contributed by atoms with Crippen molar-refractivity contribution >= 4 is 32.3 Å². The second kappa shape index (κ2) is 5.37. The lowest BCUT2D eigenvalue weighted by Crippen LogP contribution is -2.15. The van der Waals surface area contributed by atoms with Crippen molar-refractivity contribution in [3.05, 3.63) is 28.3 Å². The highest BCUT2D eigenvalue weighted by molar-refractivity contribution is 9.18. The Morgan fingerprint density at radius 2 is 2.27 bits per heavy atom. The first-order valence-electron chi connectivity index (χ1n) is 4.31. The molecule has 0 bridgehead atoms. The lowest BCUT2D eigenvalue weighted by atomic mass is 10.1. The highest BCUT2D eigenvalue weighted by Gasteiger charge is 2.08. The molecule has 1 rings (SSSR count). The Kier molecular flexibility index (Phi) is 4.42. The highest BCUT2D eigenvalue weighted by Crippen LogP contribution is 2.27. The van der Waals surface area contributed by atoms with Gasteiger partial charge >= 0.3 is 0 Å². The van der Waals surface area contributed by atoms with Gasteiger partial charge in [-0.25, -0.2) is 0 Å². The van der Waals surface area contributed by atoms with E-state index >= 15 is 0 Å². The number of methoxy groups -OCH3 is 1. The molecule has 1 N–H and O–H groups in total. The summed E-state index contributed by atoms with van der Waals surface area (Å²) in [7, 11) is 1.59. The minimum Gasteiger partial charge on any atom is -0.496 e. The number of ether oxygens (including phenoxy) is 1. The van der Waals surface area contributed by atoms with Crippen LogP contribution in [0.4, 0.5) is 4.79 Å². The molecule has 0 aromatic heterocycles. The number of rotatable bonds is 3. The fraction of sp³-hybridized carbons (Fsp3) is 0.300. The Hall–Kier alpha value is -0.740. The molecule has 0 heterocycles. The number of hydrogen-bond donors (Lipinski definition) is 1. The fourth-order valence-corrected chi connectivity index (χ4v) is 1.82. The van der Waals surface area contributed by atoms with Crippen molar-refractivity contribution in [1.29, 1.82) is 0 Å². The second-order valence-electron chi connectivity index (χ2n) is 3.04. The Morgan fingerprint density at radius 1 is 1.60 bits per heavy atom. The van der Waals surface area contributed by atoms with Crippen LogP contribution in [0.2, 0.25) is 5.02 Å². The summed E-state index contributed by atoms with van der Waals surface area (Å²) in [6.07, 6.45) is 0. The summed E-state index contributed by atoms with van der Waals surface area (Å²) >= 11 is 8.71. The maximum Gasteiger partial charge on any atom is 0.287 e. The van der Waals surface area contributed by atoms with Crippen LogP contribution in [0.1, 0.15) is 11.1 Å². The fourth-order valence-electron chi connectivity index (χ4n) is 1.39. The van der Waals surface area contributed by atoms with Crippen molar-refractivity contribution in [1.82, 2.24) is 5.32 Å². The van der Waals surface area contributed by atoms with E-state index in [4.69, 9.17) is 16.3 Å². The van der Waals surface area contributed by atoms with Crippen molar-refractivity contribution < 1.29 is 9.53 Å². The molecule has 0 unspecified atom stereocenters. The SMILES string of the molecule is COc1c(C)cc(Cl)cc1CNC(=O)Br. The normalized spacial score (nSPS) is 9.87. The number of hydrogen-bond acceptors (Lipinski definition) is 2. The Balaban J connectivity index is 2.98. The van der Waals surface area contributed by atoms with Crippen LogP contribution < -0.4 is 10.1 Å². The maximum atomic E-state index is 10.7. The van der Waals surface area contributed by atoms with Crippen LogP contribution in [0.5, 0.6) is 5.75 Å². The van der Waals surface area contributed by atoms with E-state index in [1.807, 2.05) is 13.0 Å². The van der Waals surface area contributed by atoms with Crippen molar-refractivity contribution in [3.8, 4) is 5.75 Å². The number of benzene rings is 1. The van der Waals surface area contributed by atoms with E-state index in [9.17, 15) is 4.79 Å². The van der Waals surface area contributed by atoms with Crippen LogP contribution in [0.3, 0.4) is 0 Å². The van der Waals surface area contributed by atoms with Crippen LogP contribution in [0.25, 0.3) is 0 Å². The van der Waals surface area contributed by atoms with E-state index in [0.717, 1.165) is 16.9 Å². The first kappa shape index (κ1) is 12.3. The van der Waals surface area contributed by atoms with Crippen molar-refractivity contribution in [2.45, 2.75) is 13.5 Å². The zero-order valence-electron chi connectivity index (χ0n) is 8.43. The van der Waals surface area contributed by atoms with E-state index in [1.54, 1.807) is 13.2 Å². The third kappa shape index (κ3) is 3.39. The topological polar surface area (TPSA) is 38.3 Å². The van der Waals surface area contributed by atoms with Crippen molar-refractivity contribution in [3.63, 3.8) is 0 Å². The van der Waals surface area contributed by atoms with Crippen LogP contribution in [0, 0.1) is 6.92 Å². The lowest BCUT2D eigenvalue weighted by molar-refractivity contribution is 0.261. The molecule has 0 aliphatic rings. The maximum absolute atomic E-state index is 10.7. The van der Waals surface area contributed by atoms with Gasteiger partial charge in [-0.1, -0.05) is 11.6 Å². The first-order chi connectivity index (χ1) is 7.04. The van der Waals surface area contributed by atoms with Gasteiger partial charge in [-0.15, -0.1) is 0 Å². The Labute approximate surface area is 102 Å². The molecule has 3 nitrogen and oxygen atoms in total. The molecule has 0 fully saturated rings. The van der Waals surface area contributed by atoms with Gasteiger partial charge in [0.1, 0.15) is 5.75 Å².